The zero-order valence-corrected chi connectivity index (χ0v) is 13.5. The standard InChI is InChI=1S/C19H19N3O2/c1-24-15-7-2-5-14(11-15)19(23)22-10-4-8-17(22)16-12-13-6-3-9-20-18(13)21-16/h2-3,5-7,9,11-12,17H,4,8,10H2,1H3,(H,20,21). The fraction of sp³-hybridized carbons (Fsp3) is 0.263. The number of pyridine rings is 1. The van der Waals surface area contributed by atoms with E-state index in [0.717, 1.165) is 36.1 Å². The van der Waals surface area contributed by atoms with Crippen LogP contribution in [0, 0.1) is 0 Å². The smallest absolute Gasteiger partial charge is 0.254 e. The van der Waals surface area contributed by atoms with Crippen LogP contribution in [0.5, 0.6) is 5.75 Å². The molecule has 0 saturated carbocycles. The van der Waals surface area contributed by atoms with E-state index in [9.17, 15) is 4.79 Å². The van der Waals surface area contributed by atoms with Crippen LogP contribution < -0.4 is 4.74 Å². The van der Waals surface area contributed by atoms with E-state index in [1.165, 1.54) is 0 Å². The molecular weight excluding hydrogens is 302 g/mol. The van der Waals surface area contributed by atoms with Gasteiger partial charge < -0.3 is 14.6 Å². The second kappa shape index (κ2) is 6.00. The van der Waals surface area contributed by atoms with Crippen molar-refractivity contribution in [1.82, 2.24) is 14.9 Å². The molecule has 1 aromatic carbocycles. The van der Waals surface area contributed by atoms with Crippen LogP contribution in [0.4, 0.5) is 0 Å². The van der Waals surface area contributed by atoms with Crippen LogP contribution in [0.1, 0.15) is 34.9 Å². The number of carbonyl (C=O) groups is 1. The van der Waals surface area contributed by atoms with Crippen molar-refractivity contribution in [2.75, 3.05) is 13.7 Å². The summed E-state index contributed by atoms with van der Waals surface area (Å²) in [7, 11) is 1.61. The summed E-state index contributed by atoms with van der Waals surface area (Å²) in [6.07, 6.45) is 3.74. The number of benzene rings is 1. The zero-order valence-electron chi connectivity index (χ0n) is 13.5. The molecule has 0 bridgehead atoms. The molecule has 24 heavy (non-hydrogen) atoms. The second-order valence-corrected chi connectivity index (χ2v) is 6.05. The number of hydrogen-bond donors (Lipinski definition) is 1. The number of nitrogens with zero attached hydrogens (tertiary/aromatic N) is 2. The first-order valence-corrected chi connectivity index (χ1v) is 8.15. The van der Waals surface area contributed by atoms with Gasteiger partial charge in [0.2, 0.25) is 0 Å². The van der Waals surface area contributed by atoms with Crippen LogP contribution >= 0.6 is 0 Å². The molecule has 1 unspecified atom stereocenters. The maximum atomic E-state index is 13.0. The number of hydrogen-bond acceptors (Lipinski definition) is 3. The molecule has 122 valence electrons. The third-order valence-corrected chi connectivity index (χ3v) is 4.60. The Morgan fingerprint density at radius 1 is 1.29 bits per heavy atom. The van der Waals surface area contributed by atoms with E-state index in [-0.39, 0.29) is 11.9 Å². The molecule has 2 aromatic heterocycles. The van der Waals surface area contributed by atoms with E-state index in [0.29, 0.717) is 11.3 Å². The van der Waals surface area contributed by atoms with Gasteiger partial charge in [-0.3, -0.25) is 4.79 Å². The number of methoxy groups -OCH3 is 1. The predicted octanol–water partition coefficient (Wildman–Crippen LogP) is 3.55. The van der Waals surface area contributed by atoms with E-state index < -0.39 is 0 Å². The number of ether oxygens (including phenoxy) is 1. The summed E-state index contributed by atoms with van der Waals surface area (Å²) in [5.74, 6) is 0.745. The van der Waals surface area contributed by atoms with Gasteiger partial charge >= 0.3 is 0 Å². The molecular formula is C19H19N3O2. The van der Waals surface area contributed by atoms with Gasteiger partial charge in [0.05, 0.1) is 13.2 Å². The lowest BCUT2D eigenvalue weighted by atomic mass is 10.1. The third kappa shape index (κ3) is 2.52. The lowest BCUT2D eigenvalue weighted by Gasteiger charge is -2.24. The van der Waals surface area contributed by atoms with Gasteiger partial charge in [-0.1, -0.05) is 6.07 Å². The molecule has 3 aromatic rings. The molecule has 0 aliphatic carbocycles. The van der Waals surface area contributed by atoms with Gasteiger partial charge in [-0.05, 0) is 49.2 Å². The lowest BCUT2D eigenvalue weighted by Crippen LogP contribution is -2.30. The Bertz CT molecular complexity index is 854. The van der Waals surface area contributed by atoms with Crippen molar-refractivity contribution >= 4 is 16.9 Å². The molecule has 0 radical (unpaired) electrons. The van der Waals surface area contributed by atoms with E-state index in [4.69, 9.17) is 4.74 Å². The monoisotopic (exact) mass is 321 g/mol. The van der Waals surface area contributed by atoms with Crippen molar-refractivity contribution in [2.24, 2.45) is 0 Å². The van der Waals surface area contributed by atoms with Crippen LogP contribution in [0.3, 0.4) is 0 Å². The molecule has 4 rings (SSSR count). The summed E-state index contributed by atoms with van der Waals surface area (Å²) in [5.41, 5.74) is 2.58. The van der Waals surface area contributed by atoms with Crippen molar-refractivity contribution in [2.45, 2.75) is 18.9 Å². The van der Waals surface area contributed by atoms with E-state index in [1.54, 1.807) is 19.4 Å². The first kappa shape index (κ1) is 14.8. The van der Waals surface area contributed by atoms with E-state index in [2.05, 4.69) is 16.0 Å². The SMILES string of the molecule is COc1cccc(C(=O)N2CCCC2c2cc3cccnc3[nH]2)c1. The maximum Gasteiger partial charge on any atom is 0.254 e. The quantitative estimate of drug-likeness (QED) is 0.802. The molecule has 1 aliphatic rings. The fourth-order valence-electron chi connectivity index (χ4n) is 3.41. The van der Waals surface area contributed by atoms with Crippen molar-refractivity contribution in [3.8, 4) is 5.75 Å². The van der Waals surface area contributed by atoms with Crippen LogP contribution in [0.2, 0.25) is 0 Å². The number of nitrogens with one attached hydrogen (secondary N) is 1. The Balaban J connectivity index is 1.65. The van der Waals surface area contributed by atoms with Crippen LogP contribution in [-0.2, 0) is 0 Å². The number of amides is 1. The summed E-state index contributed by atoms with van der Waals surface area (Å²) in [6, 6.07) is 13.5. The molecule has 1 amide bonds. The minimum atomic E-state index is 0.0445. The summed E-state index contributed by atoms with van der Waals surface area (Å²) in [6.45, 7) is 0.767. The highest BCUT2D eigenvalue weighted by molar-refractivity contribution is 5.95. The Labute approximate surface area is 140 Å². The van der Waals surface area contributed by atoms with E-state index in [1.807, 2.05) is 35.2 Å². The van der Waals surface area contributed by atoms with Crippen molar-refractivity contribution < 1.29 is 9.53 Å². The zero-order chi connectivity index (χ0) is 16.5. The summed E-state index contributed by atoms with van der Waals surface area (Å²) >= 11 is 0. The first-order chi connectivity index (χ1) is 11.8. The summed E-state index contributed by atoms with van der Waals surface area (Å²) < 4.78 is 5.23. The maximum absolute atomic E-state index is 13.0. The predicted molar refractivity (Wildman–Crippen MR) is 92.1 cm³/mol. The minimum absolute atomic E-state index is 0.0445. The molecule has 1 atom stereocenters. The summed E-state index contributed by atoms with van der Waals surface area (Å²) in [5, 5.41) is 1.08. The van der Waals surface area contributed by atoms with Gasteiger partial charge in [-0.2, -0.15) is 0 Å². The summed E-state index contributed by atoms with van der Waals surface area (Å²) in [4.78, 5) is 22.6. The van der Waals surface area contributed by atoms with Crippen molar-refractivity contribution in [3.63, 3.8) is 0 Å². The molecule has 1 N–H and O–H groups in total. The topological polar surface area (TPSA) is 58.2 Å². The number of carbonyl (C=O) groups excluding carboxylic acids is 1. The number of aromatic amines is 1. The molecule has 3 heterocycles. The molecule has 1 aliphatic heterocycles. The van der Waals surface area contributed by atoms with Gasteiger partial charge in [0.25, 0.3) is 5.91 Å². The Hall–Kier alpha value is -2.82. The third-order valence-electron chi connectivity index (χ3n) is 4.60. The molecule has 1 fully saturated rings. The average Bonchev–Trinajstić information content (AvgIpc) is 3.27. The lowest BCUT2D eigenvalue weighted by molar-refractivity contribution is 0.0733. The molecule has 0 spiro atoms. The fourth-order valence-corrected chi connectivity index (χ4v) is 3.41. The highest BCUT2D eigenvalue weighted by atomic mass is 16.5. The van der Waals surface area contributed by atoms with Crippen molar-refractivity contribution in [1.29, 1.82) is 0 Å². The Kier molecular flexibility index (Phi) is 3.69. The molecule has 1 saturated heterocycles. The highest BCUT2D eigenvalue weighted by Crippen LogP contribution is 2.34. The van der Waals surface area contributed by atoms with Gasteiger partial charge in [0.1, 0.15) is 11.4 Å². The van der Waals surface area contributed by atoms with Crippen LogP contribution in [0.15, 0.2) is 48.7 Å². The minimum Gasteiger partial charge on any atom is -0.497 e. The second-order valence-electron chi connectivity index (χ2n) is 6.05. The number of aromatic nitrogens is 2. The van der Waals surface area contributed by atoms with Gasteiger partial charge in [0.15, 0.2) is 0 Å². The number of H-pyrrole nitrogens is 1. The van der Waals surface area contributed by atoms with Gasteiger partial charge in [-0.15, -0.1) is 0 Å². The normalized spacial score (nSPS) is 17.4. The average molecular weight is 321 g/mol. The van der Waals surface area contributed by atoms with Gasteiger partial charge in [-0.25, -0.2) is 4.98 Å². The number of rotatable bonds is 3. The van der Waals surface area contributed by atoms with Crippen molar-refractivity contribution in [3.05, 3.63) is 59.9 Å². The Morgan fingerprint density at radius 3 is 3.04 bits per heavy atom. The van der Waals surface area contributed by atoms with Gasteiger partial charge in [0, 0.05) is 29.4 Å². The number of fused-ring (bicyclic) bond motifs is 1. The van der Waals surface area contributed by atoms with Crippen LogP contribution in [-0.4, -0.2) is 34.4 Å². The largest absolute Gasteiger partial charge is 0.497 e. The first-order valence-electron chi connectivity index (χ1n) is 8.15. The molecule has 5 nitrogen and oxygen atoms in total. The highest BCUT2D eigenvalue weighted by Gasteiger charge is 2.31. The number of likely N-dealkylation sites (tertiary alicyclic amines) is 1. The molecule has 5 heteroatoms. The Morgan fingerprint density at radius 2 is 2.21 bits per heavy atom. The van der Waals surface area contributed by atoms with E-state index >= 15 is 0 Å². The van der Waals surface area contributed by atoms with Crippen LogP contribution in [0.25, 0.3) is 11.0 Å².